The molecule has 0 saturated carbocycles. The van der Waals surface area contributed by atoms with Gasteiger partial charge in [-0.2, -0.15) is 0 Å². The van der Waals surface area contributed by atoms with Gasteiger partial charge in [-0.15, -0.1) is 0 Å². The number of ether oxygens (including phenoxy) is 3. The summed E-state index contributed by atoms with van der Waals surface area (Å²) in [6.07, 6.45) is 0. The number of hydrogen-bond donors (Lipinski definition) is 1. The summed E-state index contributed by atoms with van der Waals surface area (Å²) in [7, 11) is 1.41. The monoisotopic (exact) mass is 356 g/mol. The molecular formula is C16H14Cl2O5. The second-order valence-corrected chi connectivity index (χ2v) is 5.29. The lowest BCUT2D eigenvalue weighted by molar-refractivity contribution is 0.0696. The van der Waals surface area contributed by atoms with Gasteiger partial charge in [-0.1, -0.05) is 23.2 Å². The van der Waals surface area contributed by atoms with Crippen LogP contribution in [0.5, 0.6) is 17.2 Å². The van der Waals surface area contributed by atoms with Crippen molar-refractivity contribution in [3.63, 3.8) is 0 Å². The molecule has 0 fully saturated rings. The number of carbonyl (C=O) groups is 1. The molecule has 0 aliphatic carbocycles. The molecular weight excluding hydrogens is 343 g/mol. The fraction of sp³-hybridized carbons (Fsp3) is 0.188. The molecule has 23 heavy (non-hydrogen) atoms. The van der Waals surface area contributed by atoms with Crippen molar-refractivity contribution >= 4 is 29.2 Å². The number of hydrogen-bond acceptors (Lipinski definition) is 4. The molecule has 7 heteroatoms. The molecule has 2 rings (SSSR count). The third-order valence-corrected chi connectivity index (χ3v) is 3.42. The van der Waals surface area contributed by atoms with Gasteiger partial charge < -0.3 is 19.3 Å². The molecule has 0 atom stereocenters. The van der Waals surface area contributed by atoms with Crippen LogP contribution in [-0.2, 0) is 0 Å². The molecule has 0 unspecified atom stereocenters. The molecule has 0 aliphatic rings. The zero-order valence-electron chi connectivity index (χ0n) is 12.2. The van der Waals surface area contributed by atoms with Crippen LogP contribution in [0.25, 0.3) is 0 Å². The van der Waals surface area contributed by atoms with Gasteiger partial charge in [0.15, 0.2) is 11.5 Å². The summed E-state index contributed by atoms with van der Waals surface area (Å²) in [4.78, 5) is 11.0. The summed E-state index contributed by atoms with van der Waals surface area (Å²) in [6.45, 7) is 0.493. The van der Waals surface area contributed by atoms with Crippen molar-refractivity contribution in [2.45, 2.75) is 0 Å². The van der Waals surface area contributed by atoms with Crippen LogP contribution in [0.2, 0.25) is 10.0 Å². The Balaban J connectivity index is 1.97. The molecule has 0 saturated heterocycles. The second kappa shape index (κ2) is 7.94. The van der Waals surface area contributed by atoms with Gasteiger partial charge in [-0.05, 0) is 36.4 Å². The first-order valence-corrected chi connectivity index (χ1v) is 7.39. The van der Waals surface area contributed by atoms with Crippen molar-refractivity contribution in [2.24, 2.45) is 0 Å². The molecule has 0 spiro atoms. The fourth-order valence-electron chi connectivity index (χ4n) is 1.82. The summed E-state index contributed by atoms with van der Waals surface area (Å²) in [6, 6.07) is 9.60. The van der Waals surface area contributed by atoms with Crippen LogP contribution in [0.15, 0.2) is 36.4 Å². The van der Waals surface area contributed by atoms with Crippen molar-refractivity contribution in [2.75, 3.05) is 20.3 Å². The van der Waals surface area contributed by atoms with Crippen molar-refractivity contribution in [1.82, 2.24) is 0 Å². The quantitative estimate of drug-likeness (QED) is 0.754. The van der Waals surface area contributed by atoms with Crippen LogP contribution in [0.4, 0.5) is 0 Å². The molecule has 1 N–H and O–H groups in total. The molecule has 0 amide bonds. The van der Waals surface area contributed by atoms with Gasteiger partial charge in [0.1, 0.15) is 19.0 Å². The van der Waals surface area contributed by atoms with Crippen LogP contribution in [-0.4, -0.2) is 31.4 Å². The molecule has 122 valence electrons. The van der Waals surface area contributed by atoms with Gasteiger partial charge in [0.05, 0.1) is 17.7 Å². The lowest BCUT2D eigenvalue weighted by Gasteiger charge is -2.13. The average molecular weight is 357 g/mol. The number of methoxy groups -OCH3 is 1. The molecule has 0 bridgehead atoms. The van der Waals surface area contributed by atoms with Gasteiger partial charge in [-0.3, -0.25) is 0 Å². The van der Waals surface area contributed by atoms with E-state index >= 15 is 0 Å². The number of carboxylic acid groups (broad SMARTS) is 1. The SMILES string of the molecule is COc1cc(C(=O)O)cc(Cl)c1OCCOc1ccc(Cl)cc1. The van der Waals surface area contributed by atoms with E-state index in [4.69, 9.17) is 42.5 Å². The smallest absolute Gasteiger partial charge is 0.335 e. The van der Waals surface area contributed by atoms with E-state index in [9.17, 15) is 4.79 Å². The number of carboxylic acids is 1. The van der Waals surface area contributed by atoms with E-state index in [-0.39, 0.29) is 35.3 Å². The maximum absolute atomic E-state index is 11.0. The Morgan fingerprint density at radius 3 is 2.35 bits per heavy atom. The first kappa shape index (κ1) is 17.2. The van der Waals surface area contributed by atoms with Gasteiger partial charge in [0.2, 0.25) is 0 Å². The summed E-state index contributed by atoms with van der Waals surface area (Å²) in [5.74, 6) is 0.0976. The highest BCUT2D eigenvalue weighted by molar-refractivity contribution is 6.32. The molecule has 0 radical (unpaired) electrons. The normalized spacial score (nSPS) is 10.2. The maximum atomic E-state index is 11.0. The van der Waals surface area contributed by atoms with E-state index in [1.54, 1.807) is 24.3 Å². The largest absolute Gasteiger partial charge is 0.493 e. The topological polar surface area (TPSA) is 65.0 Å². The Labute approximate surface area is 143 Å². The summed E-state index contributed by atoms with van der Waals surface area (Å²) in [5, 5.41) is 9.78. The number of benzene rings is 2. The standard InChI is InChI=1S/C16H14Cl2O5/c1-21-14-9-10(16(19)20)8-13(18)15(14)23-7-6-22-12-4-2-11(17)3-5-12/h2-5,8-9H,6-7H2,1H3,(H,19,20). The molecule has 0 aromatic heterocycles. The van der Waals surface area contributed by atoms with Crippen LogP contribution in [0.3, 0.4) is 0 Å². The third kappa shape index (κ3) is 4.68. The lowest BCUT2D eigenvalue weighted by Crippen LogP contribution is -2.10. The van der Waals surface area contributed by atoms with Gasteiger partial charge >= 0.3 is 5.97 Å². The highest BCUT2D eigenvalue weighted by Crippen LogP contribution is 2.36. The third-order valence-electron chi connectivity index (χ3n) is 2.89. The zero-order chi connectivity index (χ0) is 16.8. The van der Waals surface area contributed by atoms with Crippen molar-refractivity contribution < 1.29 is 24.1 Å². The Morgan fingerprint density at radius 1 is 1.09 bits per heavy atom. The minimum atomic E-state index is -1.09. The minimum Gasteiger partial charge on any atom is -0.493 e. The first-order chi connectivity index (χ1) is 11.0. The molecule has 0 heterocycles. The predicted molar refractivity (Wildman–Crippen MR) is 87.4 cm³/mol. The first-order valence-electron chi connectivity index (χ1n) is 6.63. The summed E-state index contributed by atoms with van der Waals surface area (Å²) >= 11 is 11.8. The van der Waals surface area contributed by atoms with E-state index in [1.807, 2.05) is 0 Å². The van der Waals surface area contributed by atoms with Crippen molar-refractivity contribution in [3.8, 4) is 17.2 Å². The Morgan fingerprint density at radius 2 is 1.74 bits per heavy atom. The van der Waals surface area contributed by atoms with Crippen LogP contribution in [0.1, 0.15) is 10.4 Å². The summed E-state index contributed by atoms with van der Waals surface area (Å²) in [5.41, 5.74) is 0.0246. The Bertz CT molecular complexity index is 686. The molecule has 5 nitrogen and oxygen atoms in total. The van der Waals surface area contributed by atoms with E-state index < -0.39 is 5.97 Å². The molecule has 2 aromatic carbocycles. The van der Waals surface area contributed by atoms with E-state index in [2.05, 4.69) is 0 Å². The number of aromatic carboxylic acids is 1. The Kier molecular flexibility index (Phi) is 5.96. The van der Waals surface area contributed by atoms with Gasteiger partial charge in [0.25, 0.3) is 0 Å². The predicted octanol–water partition coefficient (Wildman–Crippen LogP) is 4.16. The van der Waals surface area contributed by atoms with Crippen LogP contribution in [0, 0.1) is 0 Å². The van der Waals surface area contributed by atoms with Crippen LogP contribution >= 0.6 is 23.2 Å². The highest BCUT2D eigenvalue weighted by Gasteiger charge is 2.15. The lowest BCUT2D eigenvalue weighted by atomic mass is 10.2. The van der Waals surface area contributed by atoms with Crippen molar-refractivity contribution in [1.29, 1.82) is 0 Å². The Hall–Kier alpha value is -2.11. The van der Waals surface area contributed by atoms with Gasteiger partial charge in [-0.25, -0.2) is 4.79 Å². The number of halogens is 2. The maximum Gasteiger partial charge on any atom is 0.335 e. The van der Waals surface area contributed by atoms with Crippen LogP contribution < -0.4 is 14.2 Å². The highest BCUT2D eigenvalue weighted by atomic mass is 35.5. The van der Waals surface area contributed by atoms with E-state index in [1.165, 1.54) is 19.2 Å². The van der Waals surface area contributed by atoms with E-state index in [0.29, 0.717) is 10.8 Å². The average Bonchev–Trinajstić information content (AvgIpc) is 2.53. The van der Waals surface area contributed by atoms with Crippen molar-refractivity contribution in [3.05, 3.63) is 52.0 Å². The molecule has 0 aliphatic heterocycles. The second-order valence-electron chi connectivity index (χ2n) is 4.45. The fourth-order valence-corrected chi connectivity index (χ4v) is 2.21. The van der Waals surface area contributed by atoms with Gasteiger partial charge in [0, 0.05) is 5.02 Å². The summed E-state index contributed by atoms with van der Waals surface area (Å²) < 4.78 is 16.2. The number of rotatable bonds is 7. The minimum absolute atomic E-state index is 0.0246. The zero-order valence-corrected chi connectivity index (χ0v) is 13.7. The van der Waals surface area contributed by atoms with E-state index in [0.717, 1.165) is 0 Å². The molecule has 2 aromatic rings.